The van der Waals surface area contributed by atoms with Gasteiger partial charge in [0.05, 0.1) is 19.3 Å². The van der Waals surface area contributed by atoms with Gasteiger partial charge in [-0.05, 0) is 5.56 Å². The van der Waals surface area contributed by atoms with Gasteiger partial charge >= 0.3 is 0 Å². The summed E-state index contributed by atoms with van der Waals surface area (Å²) in [6, 6.07) is 9.29. The van der Waals surface area contributed by atoms with Crippen molar-refractivity contribution >= 4 is 5.78 Å². The van der Waals surface area contributed by atoms with Crippen LogP contribution in [0, 0.1) is 5.41 Å². The molecule has 0 spiro atoms. The molecule has 1 unspecified atom stereocenters. The predicted molar refractivity (Wildman–Crippen MR) is 79.9 cm³/mol. The molecular weight excluding hydrogens is 238 g/mol. The minimum atomic E-state index is -0.543. The van der Waals surface area contributed by atoms with E-state index in [1.165, 1.54) is 0 Å². The van der Waals surface area contributed by atoms with Crippen LogP contribution in [0.2, 0.25) is 0 Å². The van der Waals surface area contributed by atoms with Gasteiger partial charge in [-0.2, -0.15) is 0 Å². The maximum absolute atomic E-state index is 11.8. The molecule has 0 aliphatic carbocycles. The number of benzene rings is 1. The lowest BCUT2D eigenvalue weighted by atomic mass is 9.87. The van der Waals surface area contributed by atoms with Crippen molar-refractivity contribution in [2.24, 2.45) is 11.1 Å². The number of carbonyl (C=O) groups excluding carboxylic acids is 1. The third kappa shape index (κ3) is 7.09. The molecule has 1 rings (SSSR count). The summed E-state index contributed by atoms with van der Waals surface area (Å²) >= 11 is 0. The molecule has 0 amide bonds. The van der Waals surface area contributed by atoms with Gasteiger partial charge in [0, 0.05) is 5.41 Å². The zero-order valence-electron chi connectivity index (χ0n) is 12.8. The Bertz CT molecular complexity index is 355. The fraction of sp³-hybridized carbons (Fsp3) is 0.562. The van der Waals surface area contributed by atoms with Crippen LogP contribution in [-0.4, -0.2) is 18.4 Å². The molecule has 0 bridgehead atoms. The number of carbonyl (C=O) groups is 1. The van der Waals surface area contributed by atoms with Crippen LogP contribution in [0.1, 0.15) is 40.2 Å². The molecule has 0 fully saturated rings. The molecular formula is C16H27NO2. The van der Waals surface area contributed by atoms with E-state index in [-0.39, 0.29) is 12.4 Å². The molecule has 0 saturated heterocycles. The molecule has 1 aromatic carbocycles. The molecule has 1 atom stereocenters. The van der Waals surface area contributed by atoms with Crippen LogP contribution in [0.4, 0.5) is 0 Å². The molecule has 0 heterocycles. The molecule has 108 valence electrons. The van der Waals surface area contributed by atoms with Crippen molar-refractivity contribution in [3.05, 3.63) is 35.9 Å². The number of nitrogens with two attached hydrogens (primary N) is 1. The zero-order chi connectivity index (χ0) is 14.9. The van der Waals surface area contributed by atoms with Gasteiger partial charge in [-0.15, -0.1) is 0 Å². The van der Waals surface area contributed by atoms with Crippen molar-refractivity contribution in [2.45, 2.75) is 47.3 Å². The highest BCUT2D eigenvalue weighted by molar-refractivity contribution is 5.88. The summed E-state index contributed by atoms with van der Waals surface area (Å²) < 4.78 is 5.45. The van der Waals surface area contributed by atoms with Crippen LogP contribution in [0.5, 0.6) is 0 Å². The number of hydrogen-bond acceptors (Lipinski definition) is 3. The predicted octanol–water partition coefficient (Wildman–Crippen LogP) is 3.17. The lowest BCUT2D eigenvalue weighted by Crippen LogP contribution is -2.42. The van der Waals surface area contributed by atoms with Crippen LogP contribution < -0.4 is 5.73 Å². The molecule has 3 nitrogen and oxygen atoms in total. The van der Waals surface area contributed by atoms with Gasteiger partial charge in [-0.3, -0.25) is 4.79 Å². The van der Waals surface area contributed by atoms with E-state index in [9.17, 15) is 4.79 Å². The van der Waals surface area contributed by atoms with Gasteiger partial charge < -0.3 is 10.5 Å². The highest BCUT2D eigenvalue weighted by atomic mass is 16.5. The van der Waals surface area contributed by atoms with Crippen molar-refractivity contribution in [3.8, 4) is 0 Å². The van der Waals surface area contributed by atoms with E-state index in [0.29, 0.717) is 6.61 Å². The van der Waals surface area contributed by atoms with Crippen LogP contribution in [0.25, 0.3) is 0 Å². The van der Waals surface area contributed by atoms with E-state index in [4.69, 9.17) is 10.5 Å². The lowest BCUT2D eigenvalue weighted by Gasteiger charge is -2.21. The SMILES string of the molecule is CC.CC(C)(C)C(=O)C(N)COCc1ccccc1. The summed E-state index contributed by atoms with van der Waals surface area (Å²) in [7, 11) is 0. The average molecular weight is 265 g/mol. The number of Topliss-reactive ketones (excluding diaryl/α,β-unsaturated/α-hetero) is 1. The van der Waals surface area contributed by atoms with Crippen LogP contribution in [0.15, 0.2) is 30.3 Å². The molecule has 3 heteroatoms. The molecule has 0 aliphatic rings. The summed E-state index contributed by atoms with van der Waals surface area (Å²) in [6.07, 6.45) is 0. The highest BCUT2D eigenvalue weighted by Gasteiger charge is 2.26. The molecule has 0 aromatic heterocycles. The minimum absolute atomic E-state index is 0.0329. The van der Waals surface area contributed by atoms with Gasteiger partial charge in [-0.1, -0.05) is 65.0 Å². The van der Waals surface area contributed by atoms with E-state index in [1.54, 1.807) is 0 Å². The van der Waals surface area contributed by atoms with Gasteiger partial charge in [0.2, 0.25) is 0 Å². The summed E-state index contributed by atoms with van der Waals surface area (Å²) in [5.41, 5.74) is 6.47. The van der Waals surface area contributed by atoms with Gasteiger partial charge in [0.1, 0.15) is 0 Å². The van der Waals surface area contributed by atoms with Crippen molar-refractivity contribution in [2.75, 3.05) is 6.61 Å². The second-order valence-corrected chi connectivity index (χ2v) is 5.22. The summed E-state index contributed by atoms with van der Waals surface area (Å²) in [4.78, 5) is 11.8. The third-order valence-corrected chi connectivity index (χ3v) is 2.48. The van der Waals surface area contributed by atoms with Gasteiger partial charge in [0.15, 0.2) is 5.78 Å². The Labute approximate surface area is 117 Å². The number of hydrogen-bond donors (Lipinski definition) is 1. The van der Waals surface area contributed by atoms with Crippen molar-refractivity contribution < 1.29 is 9.53 Å². The Morgan fingerprint density at radius 3 is 2.21 bits per heavy atom. The molecule has 1 aromatic rings. The van der Waals surface area contributed by atoms with E-state index < -0.39 is 11.5 Å². The van der Waals surface area contributed by atoms with Crippen LogP contribution in [0.3, 0.4) is 0 Å². The smallest absolute Gasteiger partial charge is 0.157 e. The molecule has 0 saturated carbocycles. The first-order chi connectivity index (χ1) is 8.91. The lowest BCUT2D eigenvalue weighted by molar-refractivity contribution is -0.129. The number of ketones is 1. The Hall–Kier alpha value is -1.19. The Morgan fingerprint density at radius 1 is 1.21 bits per heavy atom. The summed E-state index contributed by atoms with van der Waals surface area (Å²) in [5, 5.41) is 0. The minimum Gasteiger partial charge on any atom is -0.375 e. The van der Waals surface area contributed by atoms with Crippen molar-refractivity contribution in [3.63, 3.8) is 0 Å². The zero-order valence-corrected chi connectivity index (χ0v) is 12.8. The topological polar surface area (TPSA) is 52.3 Å². The fourth-order valence-corrected chi connectivity index (χ4v) is 1.51. The Kier molecular flexibility index (Phi) is 8.28. The van der Waals surface area contributed by atoms with Crippen LogP contribution >= 0.6 is 0 Å². The van der Waals surface area contributed by atoms with Crippen molar-refractivity contribution in [1.82, 2.24) is 0 Å². The molecule has 2 N–H and O–H groups in total. The standard InChI is InChI=1S/C14H21NO2.C2H6/c1-14(2,3)13(16)12(15)10-17-9-11-7-5-4-6-8-11;1-2/h4-8,12H,9-10,15H2,1-3H3;1-2H3. The first-order valence-corrected chi connectivity index (χ1v) is 6.83. The first kappa shape index (κ1) is 17.8. The molecule has 0 radical (unpaired) electrons. The highest BCUT2D eigenvalue weighted by Crippen LogP contribution is 2.16. The van der Waals surface area contributed by atoms with Gasteiger partial charge in [0.25, 0.3) is 0 Å². The third-order valence-electron chi connectivity index (χ3n) is 2.48. The maximum atomic E-state index is 11.8. The Balaban J connectivity index is 0.00000154. The monoisotopic (exact) mass is 265 g/mol. The summed E-state index contributed by atoms with van der Waals surface area (Å²) in [5.74, 6) is 0.0329. The number of ether oxygens (including phenoxy) is 1. The van der Waals surface area contributed by atoms with Crippen LogP contribution in [-0.2, 0) is 16.1 Å². The van der Waals surface area contributed by atoms with E-state index in [0.717, 1.165) is 5.56 Å². The molecule has 0 aliphatic heterocycles. The number of rotatable bonds is 5. The van der Waals surface area contributed by atoms with Gasteiger partial charge in [-0.25, -0.2) is 0 Å². The summed E-state index contributed by atoms with van der Waals surface area (Å²) in [6.45, 7) is 10.4. The fourth-order valence-electron chi connectivity index (χ4n) is 1.51. The maximum Gasteiger partial charge on any atom is 0.157 e. The second-order valence-electron chi connectivity index (χ2n) is 5.22. The van der Waals surface area contributed by atoms with E-state index in [2.05, 4.69) is 0 Å². The van der Waals surface area contributed by atoms with E-state index >= 15 is 0 Å². The van der Waals surface area contributed by atoms with Crippen molar-refractivity contribution in [1.29, 1.82) is 0 Å². The molecule has 19 heavy (non-hydrogen) atoms. The second kappa shape index (κ2) is 8.83. The Morgan fingerprint density at radius 2 is 1.74 bits per heavy atom. The normalized spacial score (nSPS) is 12.3. The first-order valence-electron chi connectivity index (χ1n) is 6.83. The largest absolute Gasteiger partial charge is 0.375 e. The average Bonchev–Trinajstić information content (AvgIpc) is 2.40. The quantitative estimate of drug-likeness (QED) is 0.889. The van der Waals surface area contributed by atoms with E-state index in [1.807, 2.05) is 65.0 Å².